The summed E-state index contributed by atoms with van der Waals surface area (Å²) in [7, 11) is 5.93. The minimum Gasteiger partial charge on any atom is -0.497 e. The number of primary amides is 1. The predicted molar refractivity (Wildman–Crippen MR) is 142 cm³/mol. The van der Waals surface area contributed by atoms with Crippen LogP contribution in [0.1, 0.15) is 31.8 Å². The maximum atomic E-state index is 14.2. The van der Waals surface area contributed by atoms with Crippen LogP contribution in [0.2, 0.25) is 0 Å². The normalized spacial score (nSPS) is 11.4. The number of benzene rings is 2. The van der Waals surface area contributed by atoms with Crippen LogP contribution in [0.4, 0.5) is 11.4 Å². The Morgan fingerprint density at radius 2 is 1.66 bits per heavy atom. The molecule has 0 saturated carbocycles. The van der Waals surface area contributed by atoms with Gasteiger partial charge in [0, 0.05) is 19.7 Å². The number of amides is 3. The second-order valence-corrected chi connectivity index (χ2v) is 8.58. The van der Waals surface area contributed by atoms with Crippen LogP contribution in [-0.4, -0.2) is 63.7 Å². The summed E-state index contributed by atoms with van der Waals surface area (Å²) in [5.74, 6) is -0.859. The average molecular weight is 544 g/mol. The number of aromatic nitrogens is 1. The lowest BCUT2D eigenvalue weighted by molar-refractivity contribution is -0.122. The van der Waals surface area contributed by atoms with Gasteiger partial charge < -0.3 is 35.7 Å². The molecule has 38 heavy (non-hydrogen) atoms. The van der Waals surface area contributed by atoms with Gasteiger partial charge in [-0.15, -0.1) is 0 Å². The topological polar surface area (TPSA) is 168 Å². The fourth-order valence-corrected chi connectivity index (χ4v) is 4.41. The molecule has 0 spiro atoms. The van der Waals surface area contributed by atoms with E-state index in [4.69, 9.17) is 30.4 Å². The van der Waals surface area contributed by atoms with Crippen LogP contribution >= 0.6 is 11.5 Å². The Bertz CT molecular complexity index is 1300. The predicted octanol–water partition coefficient (Wildman–Crippen LogP) is 2.00. The number of nitrogens with one attached hydrogen (secondary N) is 1. The Balaban J connectivity index is 2.28. The summed E-state index contributed by atoms with van der Waals surface area (Å²) >= 11 is 0.700. The zero-order chi connectivity index (χ0) is 27.8. The summed E-state index contributed by atoms with van der Waals surface area (Å²) in [5.41, 5.74) is 11.7. The van der Waals surface area contributed by atoms with Crippen LogP contribution in [0.15, 0.2) is 42.5 Å². The van der Waals surface area contributed by atoms with Gasteiger partial charge in [-0.05, 0) is 41.4 Å². The Morgan fingerprint density at radius 1 is 1.00 bits per heavy atom. The van der Waals surface area contributed by atoms with E-state index in [0.717, 1.165) is 0 Å². The van der Waals surface area contributed by atoms with E-state index in [1.165, 1.54) is 33.3 Å². The molecule has 1 heterocycles. The van der Waals surface area contributed by atoms with E-state index in [1.807, 2.05) is 0 Å². The Hall–Kier alpha value is -4.36. The van der Waals surface area contributed by atoms with Gasteiger partial charge in [0.2, 0.25) is 5.91 Å². The first kappa shape index (κ1) is 28.2. The lowest BCUT2D eigenvalue weighted by Crippen LogP contribution is -2.45. The van der Waals surface area contributed by atoms with Crippen molar-refractivity contribution in [2.45, 2.75) is 6.04 Å². The standard InChI is InChI=1S/C25H29N5O7S/c1-34-12-11-28-24(32)21(14-5-7-15(35-2)8-6-14)30(17-13-16(36-3)9-10-18(17)37-4)25(33)22-19(26)20(23(27)31)29-38-22/h5-10,13,21H,11-12,26H2,1-4H3,(H2,27,31)(H,28,32)/t21-/m0/s1. The average Bonchev–Trinajstić information content (AvgIpc) is 3.32. The maximum absolute atomic E-state index is 14.2. The third-order valence-corrected chi connectivity index (χ3v) is 6.41. The molecule has 2 aromatic carbocycles. The van der Waals surface area contributed by atoms with Crippen LogP contribution in [0.5, 0.6) is 17.2 Å². The van der Waals surface area contributed by atoms with Gasteiger partial charge in [0.25, 0.3) is 11.8 Å². The Morgan fingerprint density at radius 3 is 2.21 bits per heavy atom. The molecule has 1 atom stereocenters. The van der Waals surface area contributed by atoms with Crippen LogP contribution in [0.25, 0.3) is 0 Å². The summed E-state index contributed by atoms with van der Waals surface area (Å²) in [6.45, 7) is 0.440. The third kappa shape index (κ3) is 5.95. The van der Waals surface area contributed by atoms with Gasteiger partial charge >= 0.3 is 0 Å². The number of ether oxygens (including phenoxy) is 4. The molecule has 0 bridgehead atoms. The summed E-state index contributed by atoms with van der Waals surface area (Å²) in [6.07, 6.45) is 0. The van der Waals surface area contributed by atoms with Gasteiger partial charge in [0.15, 0.2) is 5.69 Å². The number of nitrogen functional groups attached to an aromatic ring is 1. The van der Waals surface area contributed by atoms with Crippen LogP contribution in [-0.2, 0) is 9.53 Å². The van der Waals surface area contributed by atoms with Gasteiger partial charge in [-0.2, -0.15) is 4.37 Å². The number of carbonyl (C=O) groups is 3. The quantitative estimate of drug-likeness (QED) is 0.289. The minimum absolute atomic E-state index is 0.0770. The molecule has 0 aliphatic carbocycles. The first-order valence-electron chi connectivity index (χ1n) is 11.3. The van der Waals surface area contributed by atoms with Crippen molar-refractivity contribution in [2.75, 3.05) is 52.2 Å². The van der Waals surface area contributed by atoms with Crippen molar-refractivity contribution in [3.8, 4) is 17.2 Å². The lowest BCUT2D eigenvalue weighted by atomic mass is 10.0. The monoisotopic (exact) mass is 543 g/mol. The first-order valence-corrected chi connectivity index (χ1v) is 12.1. The summed E-state index contributed by atoms with van der Waals surface area (Å²) in [6, 6.07) is 10.3. The molecule has 0 saturated heterocycles. The number of nitrogens with zero attached hydrogens (tertiary/aromatic N) is 2. The zero-order valence-electron chi connectivity index (χ0n) is 21.3. The van der Waals surface area contributed by atoms with Crippen molar-refractivity contribution in [1.29, 1.82) is 0 Å². The number of anilines is 2. The highest BCUT2D eigenvalue weighted by Crippen LogP contribution is 2.40. The van der Waals surface area contributed by atoms with E-state index in [2.05, 4.69) is 9.69 Å². The van der Waals surface area contributed by atoms with E-state index in [1.54, 1.807) is 42.5 Å². The van der Waals surface area contributed by atoms with Crippen LogP contribution in [0.3, 0.4) is 0 Å². The second-order valence-electron chi connectivity index (χ2n) is 7.81. The number of nitrogens with two attached hydrogens (primary N) is 2. The highest BCUT2D eigenvalue weighted by atomic mass is 32.1. The molecule has 0 aliphatic rings. The molecule has 3 amide bonds. The molecule has 0 aliphatic heterocycles. The van der Waals surface area contributed by atoms with Gasteiger partial charge in [-0.1, -0.05) is 12.1 Å². The smallest absolute Gasteiger partial charge is 0.273 e. The Labute approximate surface area is 223 Å². The van der Waals surface area contributed by atoms with Crippen LogP contribution < -0.4 is 35.9 Å². The van der Waals surface area contributed by atoms with E-state index in [0.29, 0.717) is 28.6 Å². The number of hydrogen-bond acceptors (Lipinski definition) is 10. The zero-order valence-corrected chi connectivity index (χ0v) is 22.2. The lowest BCUT2D eigenvalue weighted by Gasteiger charge is -2.32. The van der Waals surface area contributed by atoms with E-state index in [-0.39, 0.29) is 40.8 Å². The highest BCUT2D eigenvalue weighted by molar-refractivity contribution is 7.09. The van der Waals surface area contributed by atoms with Crippen molar-refractivity contribution < 1.29 is 33.3 Å². The number of rotatable bonds is 12. The van der Waals surface area contributed by atoms with Crippen molar-refractivity contribution in [1.82, 2.24) is 9.69 Å². The van der Waals surface area contributed by atoms with Gasteiger partial charge in [0.05, 0.1) is 39.3 Å². The molecule has 202 valence electrons. The molecule has 0 radical (unpaired) electrons. The molecule has 3 aromatic rings. The fourth-order valence-electron chi connectivity index (χ4n) is 3.67. The van der Waals surface area contributed by atoms with Crippen molar-refractivity contribution in [2.24, 2.45) is 5.73 Å². The SMILES string of the molecule is COCCNC(=O)[C@H](c1ccc(OC)cc1)N(C(=O)c1snc(C(N)=O)c1N)c1cc(OC)ccc1OC. The van der Waals surface area contributed by atoms with Gasteiger partial charge in [-0.3, -0.25) is 19.3 Å². The van der Waals surface area contributed by atoms with E-state index < -0.39 is 23.8 Å². The fraction of sp³-hybridized carbons (Fsp3) is 0.280. The number of hydrogen-bond donors (Lipinski definition) is 3. The molecule has 1 aromatic heterocycles. The van der Waals surface area contributed by atoms with Gasteiger partial charge in [0.1, 0.15) is 28.2 Å². The summed E-state index contributed by atoms with van der Waals surface area (Å²) < 4.78 is 25.2. The molecule has 12 nitrogen and oxygen atoms in total. The van der Waals surface area contributed by atoms with E-state index >= 15 is 0 Å². The van der Waals surface area contributed by atoms with Gasteiger partial charge in [-0.25, -0.2) is 0 Å². The summed E-state index contributed by atoms with van der Waals surface area (Å²) in [5, 5.41) is 2.79. The summed E-state index contributed by atoms with van der Waals surface area (Å²) in [4.78, 5) is 40.8. The van der Waals surface area contributed by atoms with Crippen LogP contribution in [0, 0.1) is 0 Å². The maximum Gasteiger partial charge on any atom is 0.273 e. The largest absolute Gasteiger partial charge is 0.497 e. The van der Waals surface area contributed by atoms with Crippen molar-refractivity contribution >= 4 is 40.6 Å². The Kier molecular flexibility index (Phi) is 9.46. The first-order chi connectivity index (χ1) is 18.3. The number of methoxy groups -OCH3 is 4. The number of carbonyl (C=O) groups excluding carboxylic acids is 3. The van der Waals surface area contributed by atoms with E-state index in [9.17, 15) is 14.4 Å². The van der Waals surface area contributed by atoms with Crippen molar-refractivity contribution in [3.05, 3.63) is 58.6 Å². The highest BCUT2D eigenvalue weighted by Gasteiger charge is 2.37. The minimum atomic E-state index is -1.22. The molecular weight excluding hydrogens is 514 g/mol. The molecule has 0 fully saturated rings. The third-order valence-electron chi connectivity index (χ3n) is 5.56. The van der Waals surface area contributed by atoms with Crippen molar-refractivity contribution in [3.63, 3.8) is 0 Å². The molecule has 3 rings (SSSR count). The molecular formula is C25H29N5O7S. The molecule has 5 N–H and O–H groups in total. The molecule has 13 heteroatoms. The molecule has 0 unspecified atom stereocenters. The second kappa shape index (κ2) is 12.7.